The van der Waals surface area contributed by atoms with E-state index in [4.69, 9.17) is 5.73 Å². The summed E-state index contributed by atoms with van der Waals surface area (Å²) in [5.74, 6) is -1.18. The van der Waals surface area contributed by atoms with Crippen molar-refractivity contribution in [3.05, 3.63) is 101 Å². The molecule has 8 heteroatoms. The summed E-state index contributed by atoms with van der Waals surface area (Å²) in [6, 6.07) is 17.1. The van der Waals surface area contributed by atoms with Gasteiger partial charge in [0.1, 0.15) is 11.7 Å². The fraction of sp³-hybridized carbons (Fsp3) is 0.0435. The number of hydrogen-bond acceptors (Lipinski definition) is 2. The van der Waals surface area contributed by atoms with Crippen molar-refractivity contribution >= 4 is 29.2 Å². The first-order valence-corrected chi connectivity index (χ1v) is 9.08. The van der Waals surface area contributed by atoms with Crippen molar-refractivity contribution in [1.29, 1.82) is 0 Å². The number of aliphatic imine (C=N–C) groups is 1. The van der Waals surface area contributed by atoms with E-state index in [0.29, 0.717) is 11.4 Å². The van der Waals surface area contributed by atoms with Gasteiger partial charge < -0.3 is 11.1 Å². The Labute approximate surface area is 175 Å². The Morgan fingerprint density at radius 1 is 0.968 bits per heavy atom. The molecule has 0 aromatic heterocycles. The Kier molecular flexibility index (Phi) is 6.49. The monoisotopic (exact) mass is 427 g/mol. The Morgan fingerprint density at radius 3 is 2.42 bits per heavy atom. The molecule has 0 fully saturated rings. The molecule has 3 N–H and O–H groups in total. The fourth-order valence-electron chi connectivity index (χ4n) is 2.77. The third-order valence-corrected chi connectivity index (χ3v) is 4.19. The highest BCUT2D eigenvalue weighted by Crippen LogP contribution is 2.32. The molecule has 0 unspecified atom stereocenters. The highest BCUT2D eigenvalue weighted by atomic mass is 19.4. The van der Waals surface area contributed by atoms with E-state index in [2.05, 4.69) is 10.3 Å². The van der Waals surface area contributed by atoms with E-state index >= 15 is 0 Å². The van der Waals surface area contributed by atoms with Crippen LogP contribution in [0.1, 0.15) is 16.7 Å². The minimum absolute atomic E-state index is 0.0368. The molecule has 1 amide bonds. The number of anilines is 1. The maximum absolute atomic E-state index is 13.8. The molecule has 0 aliphatic heterocycles. The van der Waals surface area contributed by atoms with E-state index in [9.17, 15) is 22.4 Å². The summed E-state index contributed by atoms with van der Waals surface area (Å²) in [4.78, 5) is 16.3. The van der Waals surface area contributed by atoms with Gasteiger partial charge in [-0.3, -0.25) is 4.79 Å². The topological polar surface area (TPSA) is 67.5 Å². The Hall–Kier alpha value is -3.94. The SMILES string of the molecule is NC(=Nc1cccc(NC(=O)/C=C/c2ccccc2C(F)(F)F)c1)c1ccccc1F. The highest BCUT2D eigenvalue weighted by Gasteiger charge is 2.32. The van der Waals surface area contributed by atoms with Crippen LogP contribution in [0.2, 0.25) is 0 Å². The lowest BCUT2D eigenvalue weighted by molar-refractivity contribution is -0.137. The second-order valence-electron chi connectivity index (χ2n) is 6.43. The van der Waals surface area contributed by atoms with Crippen molar-refractivity contribution in [2.24, 2.45) is 10.7 Å². The van der Waals surface area contributed by atoms with Crippen LogP contribution in [0.15, 0.2) is 83.9 Å². The Balaban J connectivity index is 1.75. The number of nitrogens with zero attached hydrogens (tertiary/aromatic N) is 1. The maximum Gasteiger partial charge on any atom is 0.416 e. The summed E-state index contributed by atoms with van der Waals surface area (Å²) < 4.78 is 52.9. The first kappa shape index (κ1) is 21.8. The molecule has 3 aromatic carbocycles. The minimum atomic E-state index is -4.53. The predicted molar refractivity (Wildman–Crippen MR) is 112 cm³/mol. The smallest absolute Gasteiger partial charge is 0.383 e. The summed E-state index contributed by atoms with van der Waals surface area (Å²) >= 11 is 0. The van der Waals surface area contributed by atoms with Crippen molar-refractivity contribution in [2.45, 2.75) is 6.18 Å². The van der Waals surface area contributed by atoms with Gasteiger partial charge in [0.15, 0.2) is 0 Å². The molecule has 0 radical (unpaired) electrons. The molecule has 158 valence electrons. The second-order valence-corrected chi connectivity index (χ2v) is 6.43. The third kappa shape index (κ3) is 5.79. The second kappa shape index (κ2) is 9.25. The van der Waals surface area contributed by atoms with Crippen LogP contribution in [-0.2, 0) is 11.0 Å². The molecule has 0 atom stereocenters. The van der Waals surface area contributed by atoms with Crippen LogP contribution in [0.25, 0.3) is 6.08 Å². The number of amides is 1. The van der Waals surface area contributed by atoms with Crippen molar-refractivity contribution < 1.29 is 22.4 Å². The summed E-state index contributed by atoms with van der Waals surface area (Å²) in [7, 11) is 0. The number of benzene rings is 3. The van der Waals surface area contributed by atoms with Crippen LogP contribution in [-0.4, -0.2) is 11.7 Å². The average molecular weight is 427 g/mol. The van der Waals surface area contributed by atoms with Gasteiger partial charge in [-0.05, 0) is 48.0 Å². The Bertz CT molecular complexity index is 1150. The zero-order valence-corrected chi connectivity index (χ0v) is 16.0. The van der Waals surface area contributed by atoms with Crippen LogP contribution in [0.3, 0.4) is 0 Å². The normalized spacial score (nSPS) is 12.2. The van der Waals surface area contributed by atoms with E-state index in [1.165, 1.54) is 42.5 Å². The van der Waals surface area contributed by atoms with E-state index in [-0.39, 0.29) is 17.0 Å². The summed E-state index contributed by atoms with van der Waals surface area (Å²) in [5, 5.41) is 2.54. The largest absolute Gasteiger partial charge is 0.416 e. The summed E-state index contributed by atoms with van der Waals surface area (Å²) in [5.41, 5.74) is 5.76. The van der Waals surface area contributed by atoms with Crippen molar-refractivity contribution in [3.63, 3.8) is 0 Å². The van der Waals surface area contributed by atoms with Crippen LogP contribution in [0.4, 0.5) is 28.9 Å². The van der Waals surface area contributed by atoms with Crippen LogP contribution < -0.4 is 11.1 Å². The van der Waals surface area contributed by atoms with Crippen molar-refractivity contribution in [1.82, 2.24) is 0 Å². The van der Waals surface area contributed by atoms with Gasteiger partial charge in [0.2, 0.25) is 5.91 Å². The predicted octanol–water partition coefficient (Wildman–Crippen LogP) is 5.53. The van der Waals surface area contributed by atoms with Gasteiger partial charge in [0.25, 0.3) is 0 Å². The maximum atomic E-state index is 13.8. The van der Waals surface area contributed by atoms with Gasteiger partial charge >= 0.3 is 6.18 Å². The lowest BCUT2D eigenvalue weighted by Gasteiger charge is -2.09. The van der Waals surface area contributed by atoms with Gasteiger partial charge in [-0.1, -0.05) is 36.4 Å². The third-order valence-electron chi connectivity index (χ3n) is 4.19. The molecule has 0 saturated carbocycles. The van der Waals surface area contributed by atoms with Gasteiger partial charge in [-0.2, -0.15) is 13.2 Å². The first-order chi connectivity index (χ1) is 14.7. The van der Waals surface area contributed by atoms with Crippen molar-refractivity contribution in [3.8, 4) is 0 Å². The number of halogens is 4. The van der Waals surface area contributed by atoms with Crippen molar-refractivity contribution in [2.75, 3.05) is 5.32 Å². The summed E-state index contributed by atoms with van der Waals surface area (Å²) in [6.07, 6.45) is -2.42. The number of nitrogens with one attached hydrogen (secondary N) is 1. The number of rotatable bonds is 5. The molecule has 0 spiro atoms. The molecular formula is C23H17F4N3O. The number of carbonyl (C=O) groups is 1. The van der Waals surface area contributed by atoms with E-state index in [1.807, 2.05) is 0 Å². The molecule has 31 heavy (non-hydrogen) atoms. The number of nitrogens with two attached hydrogens (primary N) is 1. The van der Waals surface area contributed by atoms with Gasteiger partial charge in [-0.15, -0.1) is 0 Å². The molecule has 3 rings (SSSR count). The fourth-order valence-corrected chi connectivity index (χ4v) is 2.77. The zero-order chi connectivity index (χ0) is 22.4. The van der Waals surface area contributed by atoms with Crippen LogP contribution in [0, 0.1) is 5.82 Å². The zero-order valence-electron chi connectivity index (χ0n) is 16.0. The molecule has 3 aromatic rings. The van der Waals surface area contributed by atoms with Gasteiger partial charge in [0.05, 0.1) is 16.8 Å². The molecule has 0 bridgehead atoms. The number of amidine groups is 1. The summed E-state index contributed by atoms with van der Waals surface area (Å²) in [6.45, 7) is 0. The van der Waals surface area contributed by atoms with E-state index in [0.717, 1.165) is 18.2 Å². The molecule has 0 saturated heterocycles. The number of carbonyl (C=O) groups excluding carboxylic acids is 1. The standard InChI is InChI=1S/C23H17F4N3O/c24-20-11-4-2-9-18(20)22(28)30-17-8-5-7-16(14-17)29-21(31)13-12-15-6-1-3-10-19(15)23(25,26)27/h1-14H,(H2,28,30)(H,29,31)/b13-12+. The van der Waals surface area contributed by atoms with E-state index in [1.54, 1.807) is 24.3 Å². The Morgan fingerprint density at radius 2 is 1.68 bits per heavy atom. The molecular weight excluding hydrogens is 410 g/mol. The van der Waals surface area contributed by atoms with Crippen LogP contribution >= 0.6 is 0 Å². The molecule has 0 aliphatic carbocycles. The van der Waals surface area contributed by atoms with Gasteiger partial charge in [0, 0.05) is 11.8 Å². The number of alkyl halides is 3. The highest BCUT2D eigenvalue weighted by molar-refractivity contribution is 6.02. The first-order valence-electron chi connectivity index (χ1n) is 9.08. The molecule has 0 heterocycles. The quantitative estimate of drug-likeness (QED) is 0.243. The van der Waals surface area contributed by atoms with Gasteiger partial charge in [-0.25, -0.2) is 9.38 Å². The van der Waals surface area contributed by atoms with Crippen LogP contribution in [0.5, 0.6) is 0 Å². The molecule has 4 nitrogen and oxygen atoms in total. The average Bonchev–Trinajstić information content (AvgIpc) is 2.72. The van der Waals surface area contributed by atoms with E-state index < -0.39 is 23.5 Å². The minimum Gasteiger partial charge on any atom is -0.383 e. The lowest BCUT2D eigenvalue weighted by Crippen LogP contribution is -2.14. The number of hydrogen-bond donors (Lipinski definition) is 2. The lowest BCUT2D eigenvalue weighted by atomic mass is 10.1. The molecule has 0 aliphatic rings.